The summed E-state index contributed by atoms with van der Waals surface area (Å²) in [5.74, 6) is -0.494. The predicted molar refractivity (Wildman–Crippen MR) is 91.5 cm³/mol. The number of amides is 1. The standard InChI is InChI=1S/C15H14Cl2N2O3S/c1-10-8-11(16)6-7-13(10)19-15(20)9-18-23(21,22)14-5-3-2-4-12(14)17/h2-8,18H,9H2,1H3,(H,19,20). The van der Waals surface area contributed by atoms with Gasteiger partial charge in [-0.3, -0.25) is 4.79 Å². The maximum absolute atomic E-state index is 12.1. The third kappa shape index (κ3) is 4.68. The van der Waals surface area contributed by atoms with Gasteiger partial charge < -0.3 is 5.32 Å². The summed E-state index contributed by atoms with van der Waals surface area (Å²) in [4.78, 5) is 11.8. The molecule has 0 heterocycles. The molecule has 0 aliphatic rings. The largest absolute Gasteiger partial charge is 0.325 e. The lowest BCUT2D eigenvalue weighted by Gasteiger charge is -2.10. The number of aryl methyl sites for hydroxylation is 1. The van der Waals surface area contributed by atoms with Crippen LogP contribution in [0.15, 0.2) is 47.4 Å². The van der Waals surface area contributed by atoms with E-state index in [4.69, 9.17) is 23.2 Å². The molecule has 2 rings (SSSR count). The average molecular weight is 373 g/mol. The Kier molecular flexibility index (Phi) is 5.64. The number of nitrogens with one attached hydrogen (secondary N) is 2. The maximum atomic E-state index is 12.1. The van der Waals surface area contributed by atoms with Crippen LogP contribution in [0.3, 0.4) is 0 Å². The van der Waals surface area contributed by atoms with E-state index in [1.807, 2.05) is 0 Å². The van der Waals surface area contributed by atoms with Gasteiger partial charge in [-0.2, -0.15) is 0 Å². The minimum atomic E-state index is -3.86. The number of sulfonamides is 1. The van der Waals surface area contributed by atoms with Crippen LogP contribution < -0.4 is 10.0 Å². The Morgan fingerprint density at radius 3 is 2.48 bits per heavy atom. The quantitative estimate of drug-likeness (QED) is 0.845. The highest BCUT2D eigenvalue weighted by Crippen LogP contribution is 2.21. The number of anilines is 1. The van der Waals surface area contributed by atoms with E-state index in [9.17, 15) is 13.2 Å². The van der Waals surface area contributed by atoms with Crippen molar-refractivity contribution in [3.8, 4) is 0 Å². The molecule has 8 heteroatoms. The van der Waals surface area contributed by atoms with E-state index in [1.165, 1.54) is 12.1 Å². The van der Waals surface area contributed by atoms with Gasteiger partial charge in [-0.1, -0.05) is 35.3 Å². The predicted octanol–water partition coefficient (Wildman–Crippen LogP) is 3.22. The molecular weight excluding hydrogens is 359 g/mol. The molecule has 0 fully saturated rings. The summed E-state index contributed by atoms with van der Waals surface area (Å²) in [6.07, 6.45) is 0. The summed E-state index contributed by atoms with van der Waals surface area (Å²) in [7, 11) is -3.86. The summed E-state index contributed by atoms with van der Waals surface area (Å²) < 4.78 is 26.5. The third-order valence-corrected chi connectivity index (χ3v) is 5.15. The van der Waals surface area contributed by atoms with E-state index >= 15 is 0 Å². The molecule has 0 aromatic heterocycles. The van der Waals surface area contributed by atoms with Crippen LogP contribution in [-0.2, 0) is 14.8 Å². The average Bonchev–Trinajstić information content (AvgIpc) is 2.48. The summed E-state index contributed by atoms with van der Waals surface area (Å²) >= 11 is 11.7. The number of rotatable bonds is 5. The van der Waals surface area contributed by atoms with Gasteiger partial charge in [0, 0.05) is 10.7 Å². The van der Waals surface area contributed by atoms with Gasteiger partial charge in [-0.15, -0.1) is 0 Å². The van der Waals surface area contributed by atoms with E-state index in [0.29, 0.717) is 10.7 Å². The van der Waals surface area contributed by atoms with Crippen molar-refractivity contribution >= 4 is 44.8 Å². The van der Waals surface area contributed by atoms with Crippen LogP contribution in [0, 0.1) is 6.92 Å². The van der Waals surface area contributed by atoms with Gasteiger partial charge in [0.2, 0.25) is 15.9 Å². The molecule has 0 saturated carbocycles. The van der Waals surface area contributed by atoms with Gasteiger partial charge in [0.15, 0.2) is 0 Å². The first-order valence-electron chi connectivity index (χ1n) is 6.60. The molecule has 2 N–H and O–H groups in total. The van der Waals surface area contributed by atoms with Gasteiger partial charge in [0.25, 0.3) is 0 Å². The molecule has 0 bridgehead atoms. The Labute approximate surface area is 144 Å². The summed E-state index contributed by atoms with van der Waals surface area (Å²) in [5.41, 5.74) is 1.34. The molecule has 0 aliphatic carbocycles. The summed E-state index contributed by atoms with van der Waals surface area (Å²) in [6.45, 7) is 1.38. The second-order valence-electron chi connectivity index (χ2n) is 4.76. The molecule has 122 valence electrons. The second-order valence-corrected chi connectivity index (χ2v) is 7.34. The van der Waals surface area contributed by atoms with Gasteiger partial charge >= 0.3 is 0 Å². The SMILES string of the molecule is Cc1cc(Cl)ccc1NC(=O)CNS(=O)(=O)c1ccccc1Cl. The Balaban J connectivity index is 2.03. The van der Waals surface area contributed by atoms with Crippen molar-refractivity contribution in [3.63, 3.8) is 0 Å². The Morgan fingerprint density at radius 1 is 1.13 bits per heavy atom. The summed E-state index contributed by atoms with van der Waals surface area (Å²) in [5, 5.41) is 3.27. The van der Waals surface area contributed by atoms with E-state index in [0.717, 1.165) is 5.56 Å². The van der Waals surface area contributed by atoms with Crippen molar-refractivity contribution in [1.29, 1.82) is 0 Å². The van der Waals surface area contributed by atoms with Crippen LogP contribution in [0.5, 0.6) is 0 Å². The molecule has 5 nitrogen and oxygen atoms in total. The zero-order valence-electron chi connectivity index (χ0n) is 12.1. The topological polar surface area (TPSA) is 75.3 Å². The fourth-order valence-corrected chi connectivity index (χ4v) is 3.59. The van der Waals surface area contributed by atoms with E-state index in [1.54, 1.807) is 37.3 Å². The van der Waals surface area contributed by atoms with Crippen LogP contribution >= 0.6 is 23.2 Å². The first-order valence-corrected chi connectivity index (χ1v) is 8.84. The highest BCUT2D eigenvalue weighted by molar-refractivity contribution is 7.89. The van der Waals surface area contributed by atoms with Gasteiger partial charge in [-0.05, 0) is 42.8 Å². The number of hydrogen-bond donors (Lipinski definition) is 2. The normalized spacial score (nSPS) is 11.3. The molecule has 0 spiro atoms. The fraction of sp³-hybridized carbons (Fsp3) is 0.133. The number of benzene rings is 2. The molecule has 0 saturated heterocycles. The van der Waals surface area contributed by atoms with Gasteiger partial charge in [0.05, 0.1) is 11.6 Å². The molecular formula is C15H14Cl2N2O3S. The van der Waals surface area contributed by atoms with Crippen LogP contribution in [0.25, 0.3) is 0 Å². The number of halogens is 2. The van der Waals surface area contributed by atoms with Crippen LogP contribution in [0.4, 0.5) is 5.69 Å². The van der Waals surface area contributed by atoms with Gasteiger partial charge in [0.1, 0.15) is 4.90 Å². The van der Waals surface area contributed by atoms with Crippen LogP contribution in [-0.4, -0.2) is 20.9 Å². The molecule has 0 radical (unpaired) electrons. The lowest BCUT2D eigenvalue weighted by atomic mass is 10.2. The first-order chi connectivity index (χ1) is 10.8. The van der Waals surface area contributed by atoms with E-state index < -0.39 is 22.5 Å². The molecule has 0 unspecified atom stereocenters. The first kappa shape index (κ1) is 17.7. The number of carbonyl (C=O) groups is 1. The van der Waals surface area contributed by atoms with Crippen LogP contribution in [0.2, 0.25) is 10.0 Å². The highest BCUT2D eigenvalue weighted by Gasteiger charge is 2.18. The Hall–Kier alpha value is -1.60. The number of carbonyl (C=O) groups excluding carboxylic acids is 1. The monoisotopic (exact) mass is 372 g/mol. The van der Waals surface area contributed by atoms with E-state index in [2.05, 4.69) is 10.0 Å². The minimum Gasteiger partial charge on any atom is -0.325 e. The summed E-state index contributed by atoms with van der Waals surface area (Å²) in [6, 6.07) is 11.0. The van der Waals surface area contributed by atoms with E-state index in [-0.39, 0.29) is 9.92 Å². The zero-order valence-corrected chi connectivity index (χ0v) is 14.5. The molecule has 1 amide bonds. The number of hydrogen-bond acceptors (Lipinski definition) is 3. The molecule has 0 aliphatic heterocycles. The maximum Gasteiger partial charge on any atom is 0.242 e. The zero-order chi connectivity index (χ0) is 17.0. The minimum absolute atomic E-state index is 0.0721. The molecule has 23 heavy (non-hydrogen) atoms. The molecule has 2 aromatic carbocycles. The smallest absolute Gasteiger partial charge is 0.242 e. The highest BCUT2D eigenvalue weighted by atomic mass is 35.5. The van der Waals surface area contributed by atoms with Crippen molar-refractivity contribution < 1.29 is 13.2 Å². The van der Waals surface area contributed by atoms with Gasteiger partial charge in [-0.25, -0.2) is 13.1 Å². The molecule has 2 aromatic rings. The third-order valence-electron chi connectivity index (χ3n) is 3.01. The molecule has 0 atom stereocenters. The van der Waals surface area contributed by atoms with Crippen molar-refractivity contribution in [3.05, 3.63) is 58.1 Å². The van der Waals surface area contributed by atoms with Crippen molar-refractivity contribution in [2.45, 2.75) is 11.8 Å². The Morgan fingerprint density at radius 2 is 1.83 bits per heavy atom. The van der Waals surface area contributed by atoms with Crippen molar-refractivity contribution in [1.82, 2.24) is 4.72 Å². The van der Waals surface area contributed by atoms with Crippen molar-refractivity contribution in [2.75, 3.05) is 11.9 Å². The lowest BCUT2D eigenvalue weighted by Crippen LogP contribution is -2.33. The van der Waals surface area contributed by atoms with Crippen LogP contribution in [0.1, 0.15) is 5.56 Å². The Bertz CT molecular complexity index is 838. The lowest BCUT2D eigenvalue weighted by molar-refractivity contribution is -0.115. The fourth-order valence-electron chi connectivity index (χ4n) is 1.86. The second kappa shape index (κ2) is 7.31. The van der Waals surface area contributed by atoms with Crippen molar-refractivity contribution in [2.24, 2.45) is 0 Å².